The number of sulfonamides is 1. The van der Waals surface area contributed by atoms with Gasteiger partial charge >= 0.3 is 0 Å². The number of nitrogens with zero attached hydrogens (tertiary/aromatic N) is 2. The molecule has 0 saturated heterocycles. The lowest BCUT2D eigenvalue weighted by atomic mass is 9.54. The Kier molecular flexibility index (Phi) is 6.05. The number of halogens is 1. The summed E-state index contributed by atoms with van der Waals surface area (Å²) in [5.74, 6) is 0.600. The first kappa shape index (κ1) is 20.9. The van der Waals surface area contributed by atoms with Crippen LogP contribution in [0, 0.1) is 0 Å². The predicted molar refractivity (Wildman–Crippen MR) is 117 cm³/mol. The highest BCUT2D eigenvalue weighted by Gasteiger charge is 2.48. The van der Waals surface area contributed by atoms with Crippen LogP contribution in [-0.2, 0) is 28.4 Å². The number of aryl methyl sites for hydroxylation is 1. The minimum Gasteiger partial charge on any atom is -0.268 e. The Balaban J connectivity index is 1.59. The van der Waals surface area contributed by atoms with Gasteiger partial charge in [-0.05, 0) is 61.8 Å². The van der Waals surface area contributed by atoms with Crippen LogP contribution in [0.1, 0.15) is 68.2 Å². The number of aromatic nitrogens is 2. The lowest BCUT2D eigenvalue weighted by Crippen LogP contribution is -2.43. The van der Waals surface area contributed by atoms with E-state index in [2.05, 4.69) is 26.6 Å². The molecule has 29 heavy (non-hydrogen) atoms. The van der Waals surface area contributed by atoms with E-state index in [0.29, 0.717) is 25.4 Å². The molecule has 1 unspecified atom stereocenters. The molecule has 158 valence electrons. The molecule has 1 aromatic carbocycles. The van der Waals surface area contributed by atoms with Gasteiger partial charge in [0, 0.05) is 28.6 Å². The second kappa shape index (κ2) is 8.40. The van der Waals surface area contributed by atoms with Gasteiger partial charge in [0.25, 0.3) is 0 Å². The van der Waals surface area contributed by atoms with Crippen LogP contribution >= 0.6 is 11.6 Å². The van der Waals surface area contributed by atoms with Crippen molar-refractivity contribution in [1.82, 2.24) is 14.5 Å². The molecule has 4 rings (SSSR count). The highest BCUT2D eigenvalue weighted by Crippen LogP contribution is 2.56. The molecule has 0 amide bonds. The maximum Gasteiger partial charge on any atom is 0.211 e. The average molecular weight is 436 g/mol. The van der Waals surface area contributed by atoms with E-state index >= 15 is 0 Å². The third-order valence-corrected chi connectivity index (χ3v) is 8.52. The standard InChI is InChI=1S/C22H30ClN3O2S/c1-2-15-29(27,28)25-13-14-26-21-17(16-24-26)5-3-6-20(21)22(11-4-12-22)18-7-9-19(23)10-8-18/h7-10,16,20,25H,2-6,11-15H2,1H3. The Labute approximate surface area is 178 Å². The molecule has 7 heteroatoms. The first-order chi connectivity index (χ1) is 14.0. The van der Waals surface area contributed by atoms with Gasteiger partial charge < -0.3 is 0 Å². The Morgan fingerprint density at radius 3 is 2.66 bits per heavy atom. The molecule has 1 N–H and O–H groups in total. The van der Waals surface area contributed by atoms with Crippen molar-refractivity contribution in [1.29, 1.82) is 0 Å². The number of hydrogen-bond donors (Lipinski definition) is 1. The Morgan fingerprint density at radius 1 is 1.24 bits per heavy atom. The molecular formula is C22H30ClN3O2S. The Morgan fingerprint density at radius 2 is 2.00 bits per heavy atom. The first-order valence-electron chi connectivity index (χ1n) is 10.7. The van der Waals surface area contributed by atoms with Gasteiger partial charge in [-0.25, -0.2) is 13.1 Å². The largest absolute Gasteiger partial charge is 0.268 e. The normalized spacial score (nSPS) is 20.8. The summed E-state index contributed by atoms with van der Waals surface area (Å²) in [6.45, 7) is 2.84. The highest BCUT2D eigenvalue weighted by molar-refractivity contribution is 7.89. The summed E-state index contributed by atoms with van der Waals surface area (Å²) >= 11 is 6.14. The van der Waals surface area contributed by atoms with Gasteiger partial charge in [0.1, 0.15) is 0 Å². The van der Waals surface area contributed by atoms with Crippen molar-refractivity contribution >= 4 is 21.6 Å². The maximum atomic E-state index is 12.0. The van der Waals surface area contributed by atoms with Crippen LogP contribution in [-0.4, -0.2) is 30.5 Å². The molecule has 5 nitrogen and oxygen atoms in total. The zero-order valence-electron chi connectivity index (χ0n) is 17.0. The molecule has 2 aromatic rings. The van der Waals surface area contributed by atoms with Crippen LogP contribution in [0.25, 0.3) is 0 Å². The number of rotatable bonds is 8. The zero-order chi connectivity index (χ0) is 20.5. The quantitative estimate of drug-likeness (QED) is 0.668. The van der Waals surface area contributed by atoms with Crippen molar-refractivity contribution in [3.05, 3.63) is 52.3 Å². The molecular weight excluding hydrogens is 406 g/mol. The van der Waals surface area contributed by atoms with Crippen LogP contribution in [0.4, 0.5) is 0 Å². The second-order valence-corrected chi connectivity index (χ2v) is 10.8. The predicted octanol–water partition coefficient (Wildman–Crippen LogP) is 4.41. The number of benzene rings is 1. The van der Waals surface area contributed by atoms with E-state index in [-0.39, 0.29) is 11.2 Å². The monoisotopic (exact) mass is 435 g/mol. The summed E-state index contributed by atoms with van der Waals surface area (Å²) < 4.78 is 28.8. The SMILES string of the molecule is CCCS(=O)(=O)NCCn1ncc2c1C(C1(c3ccc(Cl)cc3)CCC1)CCC2. The molecule has 0 radical (unpaired) electrons. The minimum absolute atomic E-state index is 0.152. The molecule has 1 atom stereocenters. The first-order valence-corrected chi connectivity index (χ1v) is 12.8. The van der Waals surface area contributed by atoms with Crippen molar-refractivity contribution in [2.75, 3.05) is 12.3 Å². The summed E-state index contributed by atoms with van der Waals surface area (Å²) in [5.41, 5.74) is 4.18. The molecule has 1 fully saturated rings. The van der Waals surface area contributed by atoms with Crippen LogP contribution in [0.2, 0.25) is 5.02 Å². The number of hydrogen-bond acceptors (Lipinski definition) is 3. The van der Waals surface area contributed by atoms with Crippen molar-refractivity contribution < 1.29 is 8.42 Å². The zero-order valence-corrected chi connectivity index (χ0v) is 18.6. The van der Waals surface area contributed by atoms with Crippen LogP contribution in [0.15, 0.2) is 30.5 Å². The summed E-state index contributed by atoms with van der Waals surface area (Å²) in [7, 11) is -3.19. The second-order valence-electron chi connectivity index (χ2n) is 8.45. The van der Waals surface area contributed by atoms with Gasteiger partial charge in [0.15, 0.2) is 0 Å². The van der Waals surface area contributed by atoms with E-state index in [1.165, 1.54) is 42.5 Å². The molecule has 0 spiro atoms. The van der Waals surface area contributed by atoms with Gasteiger partial charge in [-0.2, -0.15) is 5.10 Å². The summed E-state index contributed by atoms with van der Waals surface area (Å²) in [5, 5.41) is 5.43. The number of fused-ring (bicyclic) bond motifs is 1. The van der Waals surface area contributed by atoms with Gasteiger partial charge in [-0.1, -0.05) is 37.1 Å². The van der Waals surface area contributed by atoms with Crippen LogP contribution < -0.4 is 4.72 Å². The maximum absolute atomic E-state index is 12.0. The topological polar surface area (TPSA) is 64.0 Å². The number of nitrogens with one attached hydrogen (secondary N) is 1. The fourth-order valence-electron chi connectivity index (χ4n) is 5.21. The molecule has 0 aliphatic heterocycles. The minimum atomic E-state index is -3.19. The van der Waals surface area contributed by atoms with Crippen molar-refractivity contribution in [3.63, 3.8) is 0 Å². The summed E-state index contributed by atoms with van der Waals surface area (Å²) in [6, 6.07) is 8.38. The van der Waals surface area contributed by atoms with E-state index in [4.69, 9.17) is 11.6 Å². The fraction of sp³-hybridized carbons (Fsp3) is 0.591. The van der Waals surface area contributed by atoms with Crippen LogP contribution in [0.3, 0.4) is 0 Å². The van der Waals surface area contributed by atoms with Gasteiger partial charge in [0.05, 0.1) is 18.5 Å². The molecule has 2 aliphatic carbocycles. The van der Waals surface area contributed by atoms with Crippen molar-refractivity contribution in [2.24, 2.45) is 0 Å². The molecule has 1 heterocycles. The van der Waals surface area contributed by atoms with Gasteiger partial charge in [0.2, 0.25) is 10.0 Å². The Bertz CT molecular complexity index is 949. The van der Waals surface area contributed by atoms with E-state index in [1.807, 2.05) is 25.3 Å². The van der Waals surface area contributed by atoms with E-state index in [1.54, 1.807) is 0 Å². The molecule has 0 bridgehead atoms. The van der Waals surface area contributed by atoms with Gasteiger partial charge in [-0.15, -0.1) is 0 Å². The molecule has 1 aromatic heterocycles. The van der Waals surface area contributed by atoms with Crippen LogP contribution in [0.5, 0.6) is 0 Å². The summed E-state index contributed by atoms with van der Waals surface area (Å²) in [6.07, 6.45) is 9.64. The average Bonchev–Trinajstić information content (AvgIpc) is 3.06. The lowest BCUT2D eigenvalue weighted by Gasteiger charge is -2.50. The third kappa shape index (κ3) is 4.12. The van der Waals surface area contributed by atoms with E-state index in [0.717, 1.165) is 17.9 Å². The van der Waals surface area contributed by atoms with Gasteiger partial charge in [-0.3, -0.25) is 4.68 Å². The Hall–Kier alpha value is -1.37. The molecule has 1 saturated carbocycles. The third-order valence-electron chi connectivity index (χ3n) is 6.68. The van der Waals surface area contributed by atoms with E-state index < -0.39 is 10.0 Å². The van der Waals surface area contributed by atoms with Crippen molar-refractivity contribution in [2.45, 2.75) is 69.7 Å². The smallest absolute Gasteiger partial charge is 0.211 e. The lowest BCUT2D eigenvalue weighted by molar-refractivity contribution is 0.172. The van der Waals surface area contributed by atoms with Crippen molar-refractivity contribution in [3.8, 4) is 0 Å². The highest BCUT2D eigenvalue weighted by atomic mass is 35.5. The fourth-order valence-corrected chi connectivity index (χ4v) is 6.42. The summed E-state index contributed by atoms with van der Waals surface area (Å²) in [4.78, 5) is 0. The molecule has 2 aliphatic rings. The van der Waals surface area contributed by atoms with E-state index in [9.17, 15) is 8.42 Å².